The summed E-state index contributed by atoms with van der Waals surface area (Å²) >= 11 is 0. The van der Waals surface area contributed by atoms with Crippen LogP contribution in [0.1, 0.15) is 39.4 Å². The molecule has 0 aromatic carbocycles. The minimum absolute atomic E-state index is 0.626. The zero-order valence-corrected chi connectivity index (χ0v) is 11.0. The summed E-state index contributed by atoms with van der Waals surface area (Å²) in [6, 6.07) is 0.626. The predicted octanol–water partition coefficient (Wildman–Crippen LogP) is 2.38. The Morgan fingerprint density at radius 3 is 2.75 bits per heavy atom. The Labute approximate surface area is 99.3 Å². The highest BCUT2D eigenvalue weighted by Gasteiger charge is 2.09. The van der Waals surface area contributed by atoms with Gasteiger partial charge < -0.3 is 9.88 Å². The molecule has 16 heavy (non-hydrogen) atoms. The van der Waals surface area contributed by atoms with Gasteiger partial charge in [0.1, 0.15) is 5.82 Å². The molecule has 0 spiro atoms. The zero-order chi connectivity index (χ0) is 12.0. The van der Waals surface area contributed by atoms with E-state index in [-0.39, 0.29) is 0 Å². The zero-order valence-electron chi connectivity index (χ0n) is 11.0. The van der Waals surface area contributed by atoms with Crippen molar-refractivity contribution in [2.24, 2.45) is 13.0 Å². The number of aryl methyl sites for hydroxylation is 2. The maximum absolute atomic E-state index is 4.35. The van der Waals surface area contributed by atoms with Gasteiger partial charge in [-0.3, -0.25) is 0 Å². The first kappa shape index (κ1) is 13.2. The topological polar surface area (TPSA) is 29.9 Å². The fraction of sp³-hybridized carbons (Fsp3) is 0.769. The maximum Gasteiger partial charge on any atom is 0.108 e. The van der Waals surface area contributed by atoms with Crippen LogP contribution in [0, 0.1) is 5.92 Å². The molecule has 0 radical (unpaired) electrons. The Morgan fingerprint density at radius 2 is 2.19 bits per heavy atom. The Hall–Kier alpha value is -0.830. The van der Waals surface area contributed by atoms with E-state index < -0.39 is 0 Å². The van der Waals surface area contributed by atoms with Gasteiger partial charge in [0.25, 0.3) is 0 Å². The maximum atomic E-state index is 4.35. The largest absolute Gasteiger partial charge is 0.338 e. The van der Waals surface area contributed by atoms with Crippen molar-refractivity contribution in [3.05, 3.63) is 18.2 Å². The number of hydrogen-bond donors (Lipinski definition) is 1. The van der Waals surface area contributed by atoms with Crippen LogP contribution in [0.3, 0.4) is 0 Å². The highest BCUT2D eigenvalue weighted by atomic mass is 15.0. The van der Waals surface area contributed by atoms with Crippen molar-refractivity contribution in [1.82, 2.24) is 14.9 Å². The van der Waals surface area contributed by atoms with Gasteiger partial charge in [0.2, 0.25) is 0 Å². The third kappa shape index (κ3) is 4.35. The Balaban J connectivity index is 2.25. The highest BCUT2D eigenvalue weighted by Crippen LogP contribution is 2.13. The molecule has 3 heteroatoms. The molecule has 0 bridgehead atoms. The minimum Gasteiger partial charge on any atom is -0.338 e. The molecule has 3 nitrogen and oxygen atoms in total. The second kappa shape index (κ2) is 6.69. The van der Waals surface area contributed by atoms with E-state index in [0.29, 0.717) is 6.04 Å². The molecule has 92 valence electrons. The molecule has 1 aromatic heterocycles. The lowest BCUT2D eigenvalue weighted by molar-refractivity contribution is 0.404. The van der Waals surface area contributed by atoms with E-state index in [2.05, 4.69) is 42.7 Å². The van der Waals surface area contributed by atoms with E-state index in [1.54, 1.807) is 0 Å². The van der Waals surface area contributed by atoms with Crippen LogP contribution in [-0.4, -0.2) is 22.1 Å². The van der Waals surface area contributed by atoms with E-state index >= 15 is 0 Å². The van der Waals surface area contributed by atoms with Crippen molar-refractivity contribution in [2.75, 3.05) is 6.54 Å². The Bertz CT molecular complexity index is 293. The smallest absolute Gasteiger partial charge is 0.108 e. The van der Waals surface area contributed by atoms with Crippen LogP contribution >= 0.6 is 0 Å². The molecule has 0 aliphatic carbocycles. The number of rotatable bonds is 7. The van der Waals surface area contributed by atoms with Crippen molar-refractivity contribution < 1.29 is 0 Å². The third-order valence-corrected chi connectivity index (χ3v) is 3.09. The average Bonchev–Trinajstić information content (AvgIpc) is 2.61. The van der Waals surface area contributed by atoms with Crippen LogP contribution < -0.4 is 5.32 Å². The molecular weight excluding hydrogens is 198 g/mol. The lowest BCUT2D eigenvalue weighted by Crippen LogP contribution is -2.27. The van der Waals surface area contributed by atoms with Crippen LogP contribution in [0.4, 0.5) is 0 Å². The monoisotopic (exact) mass is 223 g/mol. The molecule has 0 amide bonds. The van der Waals surface area contributed by atoms with Crippen LogP contribution in [0.25, 0.3) is 0 Å². The second-order valence-electron chi connectivity index (χ2n) is 4.79. The molecule has 2 atom stereocenters. The number of hydrogen-bond acceptors (Lipinski definition) is 2. The highest BCUT2D eigenvalue weighted by molar-refractivity contribution is 4.91. The van der Waals surface area contributed by atoms with Crippen molar-refractivity contribution >= 4 is 0 Å². The molecule has 1 heterocycles. The van der Waals surface area contributed by atoms with E-state index in [4.69, 9.17) is 0 Å². The van der Waals surface area contributed by atoms with Gasteiger partial charge in [-0.1, -0.05) is 13.8 Å². The minimum atomic E-state index is 0.626. The summed E-state index contributed by atoms with van der Waals surface area (Å²) in [5.74, 6) is 1.95. The third-order valence-electron chi connectivity index (χ3n) is 3.09. The van der Waals surface area contributed by atoms with Crippen molar-refractivity contribution in [1.29, 1.82) is 0 Å². The molecule has 1 rings (SSSR count). The summed E-state index contributed by atoms with van der Waals surface area (Å²) in [6.07, 6.45) is 7.45. The lowest BCUT2D eigenvalue weighted by Gasteiger charge is -2.17. The summed E-state index contributed by atoms with van der Waals surface area (Å²) in [4.78, 5) is 4.35. The molecule has 0 fully saturated rings. The molecule has 0 aliphatic heterocycles. The van der Waals surface area contributed by atoms with E-state index in [0.717, 1.165) is 18.9 Å². The summed E-state index contributed by atoms with van der Waals surface area (Å²) in [5, 5.41) is 3.46. The predicted molar refractivity (Wildman–Crippen MR) is 68.4 cm³/mol. The number of aromatic nitrogens is 2. The van der Waals surface area contributed by atoms with Crippen molar-refractivity contribution in [2.45, 2.75) is 46.1 Å². The fourth-order valence-electron chi connectivity index (χ4n) is 2.17. The molecule has 0 saturated carbocycles. The molecule has 1 N–H and O–H groups in total. The quantitative estimate of drug-likeness (QED) is 0.769. The van der Waals surface area contributed by atoms with Gasteiger partial charge in [-0.2, -0.15) is 0 Å². The fourth-order valence-corrected chi connectivity index (χ4v) is 2.17. The van der Waals surface area contributed by atoms with Crippen LogP contribution in [0.2, 0.25) is 0 Å². The van der Waals surface area contributed by atoms with E-state index in [1.807, 2.05) is 12.4 Å². The van der Waals surface area contributed by atoms with Gasteiger partial charge in [0.05, 0.1) is 0 Å². The van der Waals surface area contributed by atoms with Gasteiger partial charge in [0.15, 0.2) is 0 Å². The van der Waals surface area contributed by atoms with E-state index in [1.165, 1.54) is 18.7 Å². The number of imidazole rings is 1. The first-order valence-electron chi connectivity index (χ1n) is 6.33. The van der Waals surface area contributed by atoms with Gasteiger partial charge in [-0.25, -0.2) is 4.98 Å². The molecule has 0 saturated heterocycles. The number of nitrogens with one attached hydrogen (secondary N) is 1. The van der Waals surface area contributed by atoms with Gasteiger partial charge in [-0.15, -0.1) is 0 Å². The van der Waals surface area contributed by atoms with Crippen molar-refractivity contribution in [3.8, 4) is 0 Å². The van der Waals surface area contributed by atoms with Crippen molar-refractivity contribution in [3.63, 3.8) is 0 Å². The van der Waals surface area contributed by atoms with Crippen LogP contribution in [-0.2, 0) is 13.5 Å². The van der Waals surface area contributed by atoms with Gasteiger partial charge in [-0.05, 0) is 32.2 Å². The summed E-state index contributed by atoms with van der Waals surface area (Å²) in [5.41, 5.74) is 0. The van der Waals surface area contributed by atoms with E-state index in [9.17, 15) is 0 Å². The first-order valence-corrected chi connectivity index (χ1v) is 6.33. The van der Waals surface area contributed by atoms with Crippen LogP contribution in [0.15, 0.2) is 12.4 Å². The molecule has 0 aliphatic rings. The summed E-state index contributed by atoms with van der Waals surface area (Å²) in [7, 11) is 2.06. The Kier molecular flexibility index (Phi) is 5.53. The normalized spacial score (nSPS) is 15.0. The SMILES string of the molecule is CCNC(C)CC(C)CCc1nccn1C. The molecule has 1 aromatic rings. The molecular formula is C13H25N3. The number of nitrogens with zero attached hydrogens (tertiary/aromatic N) is 2. The Morgan fingerprint density at radius 1 is 1.44 bits per heavy atom. The first-order chi connectivity index (χ1) is 7.63. The van der Waals surface area contributed by atoms with Gasteiger partial charge >= 0.3 is 0 Å². The molecule has 2 unspecified atom stereocenters. The average molecular weight is 223 g/mol. The van der Waals surface area contributed by atoms with Crippen LogP contribution in [0.5, 0.6) is 0 Å². The summed E-state index contributed by atoms with van der Waals surface area (Å²) < 4.78 is 2.11. The summed E-state index contributed by atoms with van der Waals surface area (Å²) in [6.45, 7) is 7.82. The standard InChI is InChI=1S/C13H25N3/c1-5-14-12(3)10-11(2)6-7-13-15-8-9-16(13)4/h8-9,11-12,14H,5-7,10H2,1-4H3. The second-order valence-corrected chi connectivity index (χ2v) is 4.79. The lowest BCUT2D eigenvalue weighted by atomic mass is 9.97. The van der Waals surface area contributed by atoms with Gasteiger partial charge in [0, 0.05) is 31.9 Å².